The highest BCUT2D eigenvalue weighted by molar-refractivity contribution is 5.93. The molecule has 6 heteroatoms. The normalized spacial score (nSPS) is 19.2. The molecular weight excluding hydrogens is 316 g/mol. The van der Waals surface area contributed by atoms with Gasteiger partial charge in [0.25, 0.3) is 0 Å². The van der Waals surface area contributed by atoms with Gasteiger partial charge in [0.05, 0.1) is 12.1 Å². The second-order valence-corrected chi connectivity index (χ2v) is 6.84. The monoisotopic (exact) mass is 344 g/mol. The van der Waals surface area contributed by atoms with Gasteiger partial charge in [0, 0.05) is 44.7 Å². The van der Waals surface area contributed by atoms with Gasteiger partial charge in [-0.05, 0) is 50.5 Å². The lowest BCUT2D eigenvalue weighted by molar-refractivity contribution is 0.188. The number of hydrogen-bond acceptors (Lipinski definition) is 3. The lowest BCUT2D eigenvalue weighted by atomic mass is 10.2. The summed E-state index contributed by atoms with van der Waals surface area (Å²) in [6.45, 7) is 6.29. The molecule has 1 N–H and O–H groups in total. The van der Waals surface area contributed by atoms with Gasteiger partial charge in [0.1, 0.15) is 0 Å². The number of aromatic nitrogens is 1. The van der Waals surface area contributed by atoms with Crippen LogP contribution >= 0.6 is 0 Å². The number of rotatable bonds is 4. The number of hydrogen-bond donors (Lipinski definition) is 1. The van der Waals surface area contributed by atoms with Crippen LogP contribution in [0.2, 0.25) is 0 Å². The highest BCUT2D eigenvalue weighted by atomic mass is 16.5. The van der Waals surface area contributed by atoms with Crippen molar-refractivity contribution in [3.63, 3.8) is 0 Å². The van der Waals surface area contributed by atoms with Gasteiger partial charge in [-0.1, -0.05) is 6.07 Å². The van der Waals surface area contributed by atoms with Gasteiger partial charge < -0.3 is 24.4 Å². The summed E-state index contributed by atoms with van der Waals surface area (Å²) in [6.07, 6.45) is 3.06. The van der Waals surface area contributed by atoms with E-state index in [0.29, 0.717) is 6.61 Å². The van der Waals surface area contributed by atoms with Crippen LogP contribution in [0.4, 0.5) is 10.5 Å². The molecule has 1 aliphatic rings. The third-order valence-corrected chi connectivity index (χ3v) is 5.01. The predicted molar refractivity (Wildman–Crippen MR) is 101 cm³/mol. The Kier molecular flexibility index (Phi) is 5.60. The number of ether oxygens (including phenoxy) is 1. The quantitative estimate of drug-likeness (QED) is 0.928. The molecule has 1 aromatic carbocycles. The van der Waals surface area contributed by atoms with Crippen LogP contribution in [0, 0.1) is 0 Å². The number of benzene rings is 1. The average molecular weight is 344 g/mol. The van der Waals surface area contributed by atoms with E-state index in [0.717, 1.165) is 43.8 Å². The van der Waals surface area contributed by atoms with Gasteiger partial charge >= 0.3 is 6.03 Å². The number of carbonyl (C=O) groups excluding carboxylic acids is 1. The zero-order chi connectivity index (χ0) is 17.8. The molecule has 0 aliphatic carbocycles. The van der Waals surface area contributed by atoms with Crippen LogP contribution < -0.4 is 5.32 Å². The lowest BCUT2D eigenvalue weighted by Gasteiger charge is -2.27. The van der Waals surface area contributed by atoms with Crippen molar-refractivity contribution in [3.05, 3.63) is 30.5 Å². The minimum Gasteiger partial charge on any atom is -0.383 e. The Balaban J connectivity index is 1.74. The third kappa shape index (κ3) is 4.14. The van der Waals surface area contributed by atoms with E-state index < -0.39 is 0 Å². The van der Waals surface area contributed by atoms with Crippen LogP contribution in [0.1, 0.15) is 13.3 Å². The van der Waals surface area contributed by atoms with Crippen molar-refractivity contribution in [3.8, 4) is 0 Å². The number of anilines is 1. The molecular formula is C19H28N4O2. The molecule has 1 aromatic heterocycles. The number of methoxy groups -OCH3 is 1. The van der Waals surface area contributed by atoms with Crippen LogP contribution in [0.15, 0.2) is 30.5 Å². The molecule has 2 amide bonds. The minimum absolute atomic E-state index is 0.0165. The highest BCUT2D eigenvalue weighted by Crippen LogP contribution is 2.21. The van der Waals surface area contributed by atoms with Gasteiger partial charge in [-0.3, -0.25) is 0 Å². The van der Waals surface area contributed by atoms with Crippen molar-refractivity contribution in [2.75, 3.05) is 45.7 Å². The number of nitrogens with zero attached hydrogens (tertiary/aromatic N) is 3. The Bertz CT molecular complexity index is 727. The minimum atomic E-state index is -0.0165. The van der Waals surface area contributed by atoms with Crippen LogP contribution in [0.25, 0.3) is 10.9 Å². The smallest absolute Gasteiger partial charge is 0.322 e. The third-order valence-electron chi connectivity index (χ3n) is 5.01. The molecule has 0 spiro atoms. The van der Waals surface area contributed by atoms with E-state index >= 15 is 0 Å². The van der Waals surface area contributed by atoms with Crippen LogP contribution in [-0.4, -0.2) is 66.8 Å². The van der Waals surface area contributed by atoms with Crippen molar-refractivity contribution in [1.29, 1.82) is 0 Å². The fourth-order valence-electron chi connectivity index (χ4n) is 3.32. The second-order valence-electron chi connectivity index (χ2n) is 6.84. The summed E-state index contributed by atoms with van der Waals surface area (Å²) in [4.78, 5) is 17.0. The van der Waals surface area contributed by atoms with E-state index in [1.807, 2.05) is 23.1 Å². The highest BCUT2D eigenvalue weighted by Gasteiger charge is 2.23. The first-order valence-corrected chi connectivity index (χ1v) is 8.92. The van der Waals surface area contributed by atoms with Gasteiger partial charge in [-0.2, -0.15) is 0 Å². The van der Waals surface area contributed by atoms with Crippen LogP contribution in [0.3, 0.4) is 0 Å². The SMILES string of the molecule is COCCn1ccc2ccc(NC(=O)N3CCN(C)CC[C@@H]3C)cc21. The molecule has 1 saturated heterocycles. The second kappa shape index (κ2) is 7.89. The number of urea groups is 1. The Hall–Kier alpha value is -2.05. The van der Waals surface area contributed by atoms with E-state index in [4.69, 9.17) is 4.74 Å². The van der Waals surface area contributed by atoms with E-state index in [2.05, 4.69) is 41.0 Å². The first-order valence-electron chi connectivity index (χ1n) is 8.92. The van der Waals surface area contributed by atoms with E-state index in [9.17, 15) is 4.79 Å². The molecule has 2 aromatic rings. The zero-order valence-electron chi connectivity index (χ0n) is 15.4. The standard InChI is InChI=1S/C19H28N4O2/c1-15-6-8-21(2)10-11-23(15)19(24)20-17-5-4-16-7-9-22(12-13-25-3)18(16)14-17/h4-5,7,9,14-15H,6,8,10-13H2,1-3H3,(H,20,24)/t15-/m0/s1. The van der Waals surface area contributed by atoms with Crippen molar-refractivity contribution < 1.29 is 9.53 Å². The molecule has 3 rings (SSSR count). The maximum Gasteiger partial charge on any atom is 0.322 e. The number of amides is 2. The van der Waals surface area contributed by atoms with Crippen molar-refractivity contribution in [2.24, 2.45) is 0 Å². The van der Waals surface area contributed by atoms with Gasteiger partial charge in [-0.15, -0.1) is 0 Å². The Morgan fingerprint density at radius 3 is 2.92 bits per heavy atom. The largest absolute Gasteiger partial charge is 0.383 e. The summed E-state index contributed by atoms with van der Waals surface area (Å²) in [5, 5.41) is 4.24. The molecule has 0 unspecified atom stereocenters. The van der Waals surface area contributed by atoms with Gasteiger partial charge in [-0.25, -0.2) is 4.79 Å². The fraction of sp³-hybridized carbons (Fsp3) is 0.526. The van der Waals surface area contributed by atoms with Crippen molar-refractivity contribution in [1.82, 2.24) is 14.4 Å². The summed E-state index contributed by atoms with van der Waals surface area (Å²) in [7, 11) is 3.81. The summed E-state index contributed by atoms with van der Waals surface area (Å²) >= 11 is 0. The Morgan fingerprint density at radius 1 is 1.28 bits per heavy atom. The summed E-state index contributed by atoms with van der Waals surface area (Å²) < 4.78 is 7.32. The van der Waals surface area contributed by atoms with Gasteiger partial charge in [0.2, 0.25) is 0 Å². The van der Waals surface area contributed by atoms with Crippen LogP contribution in [0.5, 0.6) is 0 Å². The first-order chi connectivity index (χ1) is 12.1. The van der Waals surface area contributed by atoms with E-state index in [-0.39, 0.29) is 12.1 Å². The molecule has 136 valence electrons. The Morgan fingerprint density at radius 2 is 2.12 bits per heavy atom. The predicted octanol–water partition coefficient (Wildman–Crippen LogP) is 2.85. The van der Waals surface area contributed by atoms with Crippen molar-refractivity contribution in [2.45, 2.75) is 25.9 Å². The maximum absolute atomic E-state index is 12.7. The van der Waals surface area contributed by atoms with Crippen LogP contribution in [-0.2, 0) is 11.3 Å². The first kappa shape index (κ1) is 17.8. The van der Waals surface area contributed by atoms with Crippen molar-refractivity contribution >= 4 is 22.6 Å². The molecule has 0 radical (unpaired) electrons. The lowest BCUT2D eigenvalue weighted by Crippen LogP contribution is -2.42. The molecule has 6 nitrogen and oxygen atoms in total. The fourth-order valence-corrected chi connectivity index (χ4v) is 3.32. The number of likely N-dealkylation sites (N-methyl/N-ethyl adjacent to an activating group) is 1. The molecule has 25 heavy (non-hydrogen) atoms. The molecule has 1 aliphatic heterocycles. The maximum atomic E-state index is 12.7. The van der Waals surface area contributed by atoms with Gasteiger partial charge in [0.15, 0.2) is 0 Å². The topological polar surface area (TPSA) is 49.7 Å². The molecule has 0 saturated carbocycles. The summed E-state index contributed by atoms with van der Waals surface area (Å²) in [6, 6.07) is 8.38. The molecule has 0 bridgehead atoms. The summed E-state index contributed by atoms with van der Waals surface area (Å²) in [5.74, 6) is 0. The van der Waals surface area contributed by atoms with E-state index in [1.165, 1.54) is 5.39 Å². The molecule has 1 atom stereocenters. The summed E-state index contributed by atoms with van der Waals surface area (Å²) in [5.41, 5.74) is 1.94. The number of carbonyl (C=O) groups is 1. The number of fused-ring (bicyclic) bond motifs is 1. The molecule has 1 fully saturated rings. The van der Waals surface area contributed by atoms with E-state index in [1.54, 1.807) is 7.11 Å². The molecule has 2 heterocycles. The number of nitrogens with one attached hydrogen (secondary N) is 1. The zero-order valence-corrected chi connectivity index (χ0v) is 15.4. The average Bonchev–Trinajstić information content (AvgIpc) is 2.91. The Labute approximate surface area is 149 Å².